The Morgan fingerprint density at radius 2 is 2.00 bits per heavy atom. The molecular formula is C24H26N2O5. The molecule has 1 aliphatic heterocycles. The normalized spacial score (nSPS) is 15.5. The highest BCUT2D eigenvalue weighted by Gasteiger charge is 2.19. The maximum atomic E-state index is 11.5. The van der Waals surface area contributed by atoms with Gasteiger partial charge in [-0.25, -0.2) is 0 Å². The van der Waals surface area contributed by atoms with Crippen LogP contribution < -0.4 is 14.8 Å². The Balaban J connectivity index is 1.55. The summed E-state index contributed by atoms with van der Waals surface area (Å²) in [6.45, 7) is 2.10. The molecule has 4 rings (SSSR count). The minimum Gasteiger partial charge on any atom is -0.504 e. The van der Waals surface area contributed by atoms with Gasteiger partial charge in [-0.3, -0.25) is 9.69 Å². The zero-order valence-corrected chi connectivity index (χ0v) is 17.4. The molecule has 0 aliphatic carbocycles. The molecular weight excluding hydrogens is 396 g/mol. The maximum Gasteiger partial charge on any atom is 0.234 e. The second-order valence-corrected chi connectivity index (χ2v) is 7.63. The molecule has 1 saturated heterocycles. The number of β-amino-alcohol motifs (C(OH)–C–C–N with tert-alkyl or cyclic N) is 1. The third-order valence-corrected chi connectivity index (χ3v) is 5.35. The van der Waals surface area contributed by atoms with E-state index >= 15 is 0 Å². The summed E-state index contributed by atoms with van der Waals surface area (Å²) in [5, 5.41) is 25.2. The van der Waals surface area contributed by atoms with Gasteiger partial charge in [-0.15, -0.1) is 0 Å². The number of piperazine rings is 1. The Bertz CT molecular complexity index is 1080. The third-order valence-electron chi connectivity index (χ3n) is 5.35. The van der Waals surface area contributed by atoms with Crippen LogP contribution in [-0.2, 0) is 4.79 Å². The second kappa shape index (κ2) is 9.24. The number of hydrogen-bond donors (Lipinski definition) is 3. The van der Waals surface area contributed by atoms with Crippen molar-refractivity contribution in [2.45, 2.75) is 6.10 Å². The first-order chi connectivity index (χ1) is 15.0. The van der Waals surface area contributed by atoms with Gasteiger partial charge < -0.3 is 25.0 Å². The van der Waals surface area contributed by atoms with Crippen LogP contribution in [0.25, 0.3) is 21.9 Å². The summed E-state index contributed by atoms with van der Waals surface area (Å²) in [6.07, 6.45) is -0.713. The number of ether oxygens (including phenoxy) is 2. The largest absolute Gasteiger partial charge is 0.504 e. The minimum atomic E-state index is -0.713. The minimum absolute atomic E-state index is 0.0251. The number of methoxy groups -OCH3 is 1. The van der Waals surface area contributed by atoms with Crippen molar-refractivity contribution in [2.75, 3.05) is 39.9 Å². The quantitative estimate of drug-likeness (QED) is 0.542. The number of carbonyl (C=O) groups is 1. The molecule has 1 fully saturated rings. The van der Waals surface area contributed by atoms with E-state index in [9.17, 15) is 15.0 Å². The molecule has 0 radical (unpaired) electrons. The number of carbonyl (C=O) groups excluding carboxylic acids is 1. The molecule has 0 spiro atoms. The van der Waals surface area contributed by atoms with E-state index in [1.807, 2.05) is 47.4 Å². The van der Waals surface area contributed by atoms with Crippen LogP contribution >= 0.6 is 0 Å². The molecule has 0 bridgehead atoms. The lowest BCUT2D eigenvalue weighted by Crippen LogP contribution is -2.50. The van der Waals surface area contributed by atoms with Crippen LogP contribution in [-0.4, -0.2) is 67.0 Å². The maximum absolute atomic E-state index is 11.5. The molecule has 1 amide bonds. The van der Waals surface area contributed by atoms with Gasteiger partial charge in [0.2, 0.25) is 5.91 Å². The predicted octanol–water partition coefficient (Wildman–Crippen LogP) is 2.39. The van der Waals surface area contributed by atoms with E-state index < -0.39 is 6.10 Å². The molecule has 3 aromatic carbocycles. The number of rotatable bonds is 7. The van der Waals surface area contributed by atoms with Crippen LogP contribution in [0.4, 0.5) is 0 Å². The van der Waals surface area contributed by atoms with E-state index in [4.69, 9.17) is 9.47 Å². The zero-order valence-electron chi connectivity index (χ0n) is 17.4. The number of aliphatic hydroxyl groups is 1. The summed E-state index contributed by atoms with van der Waals surface area (Å²) in [7, 11) is 1.52. The smallest absolute Gasteiger partial charge is 0.234 e. The first kappa shape index (κ1) is 21.0. The van der Waals surface area contributed by atoms with E-state index in [1.54, 1.807) is 12.1 Å². The van der Waals surface area contributed by atoms with E-state index in [2.05, 4.69) is 5.32 Å². The standard InChI is InChI=1S/C24H26N2O5/c1-30-23-11-17(6-7-22(23)28)21-12-19(10-16-4-2-3-5-20(16)21)31-15-18(27)13-26-9-8-25-24(29)14-26/h2-7,10-12,18,27-28H,8-9,13-15H2,1H3,(H,25,29). The summed E-state index contributed by atoms with van der Waals surface area (Å²) in [5.74, 6) is 1.09. The first-order valence-electron chi connectivity index (χ1n) is 10.2. The summed E-state index contributed by atoms with van der Waals surface area (Å²) in [4.78, 5) is 13.4. The lowest BCUT2D eigenvalue weighted by molar-refractivity contribution is -0.124. The number of phenolic OH excluding ortho intramolecular Hbond substituents is 1. The van der Waals surface area contributed by atoms with Gasteiger partial charge in [-0.05, 0) is 46.2 Å². The highest BCUT2D eigenvalue weighted by Crippen LogP contribution is 2.37. The molecule has 1 atom stereocenters. The van der Waals surface area contributed by atoms with Crippen molar-refractivity contribution in [3.05, 3.63) is 54.6 Å². The Labute approximate surface area is 180 Å². The predicted molar refractivity (Wildman–Crippen MR) is 119 cm³/mol. The fraction of sp³-hybridized carbons (Fsp3) is 0.292. The SMILES string of the molecule is COc1cc(-c2cc(OCC(O)CN3CCNC(=O)C3)cc3ccccc23)ccc1O. The van der Waals surface area contributed by atoms with E-state index in [-0.39, 0.29) is 18.3 Å². The lowest BCUT2D eigenvalue weighted by atomic mass is 9.97. The van der Waals surface area contributed by atoms with Gasteiger partial charge in [0.25, 0.3) is 0 Å². The lowest BCUT2D eigenvalue weighted by Gasteiger charge is -2.28. The number of amides is 1. The topological polar surface area (TPSA) is 91.3 Å². The molecule has 1 unspecified atom stereocenters. The number of benzene rings is 3. The van der Waals surface area contributed by atoms with E-state index in [1.165, 1.54) is 7.11 Å². The van der Waals surface area contributed by atoms with Crippen molar-refractivity contribution in [3.63, 3.8) is 0 Å². The van der Waals surface area contributed by atoms with E-state index in [0.717, 1.165) is 21.9 Å². The summed E-state index contributed by atoms with van der Waals surface area (Å²) >= 11 is 0. The fourth-order valence-electron chi connectivity index (χ4n) is 3.84. The van der Waals surface area contributed by atoms with Crippen molar-refractivity contribution < 1.29 is 24.5 Å². The Kier molecular flexibility index (Phi) is 6.25. The molecule has 3 aromatic rings. The van der Waals surface area contributed by atoms with Crippen LogP contribution in [0.15, 0.2) is 54.6 Å². The van der Waals surface area contributed by atoms with Gasteiger partial charge in [0.1, 0.15) is 18.5 Å². The number of aliphatic hydroxyl groups excluding tert-OH is 1. The Morgan fingerprint density at radius 1 is 1.16 bits per heavy atom. The van der Waals surface area contributed by atoms with Crippen LogP contribution in [0.2, 0.25) is 0 Å². The summed E-state index contributed by atoms with van der Waals surface area (Å²) in [5.41, 5.74) is 1.82. The molecule has 3 N–H and O–H groups in total. The van der Waals surface area contributed by atoms with Crippen LogP contribution in [0.1, 0.15) is 0 Å². The van der Waals surface area contributed by atoms with Crippen LogP contribution in [0.3, 0.4) is 0 Å². The second-order valence-electron chi connectivity index (χ2n) is 7.63. The average molecular weight is 422 g/mol. The van der Waals surface area contributed by atoms with Gasteiger partial charge in [0, 0.05) is 19.6 Å². The highest BCUT2D eigenvalue weighted by molar-refractivity contribution is 5.98. The van der Waals surface area contributed by atoms with E-state index in [0.29, 0.717) is 37.7 Å². The number of fused-ring (bicyclic) bond motifs is 1. The first-order valence-corrected chi connectivity index (χ1v) is 10.2. The number of nitrogens with zero attached hydrogens (tertiary/aromatic N) is 1. The third kappa shape index (κ3) is 4.90. The molecule has 1 heterocycles. The van der Waals surface area contributed by atoms with Crippen molar-refractivity contribution in [2.24, 2.45) is 0 Å². The molecule has 7 nitrogen and oxygen atoms in total. The zero-order chi connectivity index (χ0) is 21.8. The fourth-order valence-corrected chi connectivity index (χ4v) is 3.84. The average Bonchev–Trinajstić information content (AvgIpc) is 2.77. The number of nitrogens with one attached hydrogen (secondary N) is 1. The molecule has 0 aromatic heterocycles. The number of hydrogen-bond acceptors (Lipinski definition) is 6. The van der Waals surface area contributed by atoms with Crippen molar-refractivity contribution in [1.29, 1.82) is 0 Å². The van der Waals surface area contributed by atoms with Crippen LogP contribution in [0, 0.1) is 0 Å². The Hall–Kier alpha value is -3.29. The number of aromatic hydroxyl groups is 1. The summed E-state index contributed by atoms with van der Waals surface area (Å²) < 4.78 is 11.2. The van der Waals surface area contributed by atoms with Crippen LogP contribution in [0.5, 0.6) is 17.2 Å². The van der Waals surface area contributed by atoms with Gasteiger partial charge in [-0.2, -0.15) is 0 Å². The summed E-state index contributed by atoms with van der Waals surface area (Å²) in [6, 6.07) is 17.1. The van der Waals surface area contributed by atoms with Crippen molar-refractivity contribution >= 4 is 16.7 Å². The molecule has 162 valence electrons. The molecule has 31 heavy (non-hydrogen) atoms. The monoisotopic (exact) mass is 422 g/mol. The van der Waals surface area contributed by atoms with Gasteiger partial charge in [-0.1, -0.05) is 30.3 Å². The van der Waals surface area contributed by atoms with Crippen molar-refractivity contribution in [1.82, 2.24) is 10.2 Å². The molecule has 0 saturated carbocycles. The highest BCUT2D eigenvalue weighted by atomic mass is 16.5. The van der Waals surface area contributed by atoms with Gasteiger partial charge >= 0.3 is 0 Å². The van der Waals surface area contributed by atoms with Crippen molar-refractivity contribution in [3.8, 4) is 28.4 Å². The van der Waals surface area contributed by atoms with Gasteiger partial charge in [0.05, 0.1) is 13.7 Å². The molecule has 7 heteroatoms. The Morgan fingerprint density at radius 3 is 2.81 bits per heavy atom. The molecule has 1 aliphatic rings. The van der Waals surface area contributed by atoms with Gasteiger partial charge in [0.15, 0.2) is 11.5 Å². The number of phenols is 1.